The van der Waals surface area contributed by atoms with Crippen LogP contribution in [0.1, 0.15) is 26.3 Å². The average Bonchev–Trinajstić information content (AvgIpc) is 2.79. The van der Waals surface area contributed by atoms with Gasteiger partial charge >= 0.3 is 18.1 Å². The van der Waals surface area contributed by atoms with Crippen molar-refractivity contribution in [1.82, 2.24) is 0 Å². The Morgan fingerprint density at radius 1 is 0.886 bits per heavy atom. The van der Waals surface area contributed by atoms with Crippen LogP contribution in [0.4, 0.5) is 32.0 Å². The Balaban J connectivity index is 2.07. The van der Waals surface area contributed by atoms with Crippen molar-refractivity contribution in [2.75, 3.05) is 12.4 Å². The van der Waals surface area contributed by atoms with E-state index in [1.54, 1.807) is 0 Å². The van der Waals surface area contributed by atoms with Gasteiger partial charge in [0.15, 0.2) is 11.5 Å². The molecule has 35 heavy (non-hydrogen) atoms. The molecule has 3 aromatic carbocycles. The van der Waals surface area contributed by atoms with Crippen LogP contribution in [0.15, 0.2) is 60.7 Å². The first kappa shape index (κ1) is 25.4. The number of nitrogens with one attached hydrogen (secondary N) is 1. The fourth-order valence-electron chi connectivity index (χ4n) is 2.93. The number of carbonyl (C=O) groups is 2. The van der Waals surface area contributed by atoms with Crippen LogP contribution in [0, 0.1) is 5.82 Å². The van der Waals surface area contributed by atoms with E-state index in [-0.39, 0.29) is 22.7 Å². The highest BCUT2D eigenvalue weighted by molar-refractivity contribution is 6.06. The monoisotopic (exact) mass is 499 g/mol. The predicted octanol–water partition coefficient (Wildman–Crippen LogP) is 6.23. The van der Waals surface area contributed by atoms with Gasteiger partial charge in [0.2, 0.25) is 0 Å². The normalized spacial score (nSPS) is 11.6. The van der Waals surface area contributed by atoms with Crippen molar-refractivity contribution in [2.24, 2.45) is 0 Å². The average molecular weight is 499 g/mol. The number of alkyl halides is 5. The largest absolute Gasteiger partial charge is 0.493 e. The lowest BCUT2D eigenvalue weighted by Gasteiger charge is -2.21. The van der Waals surface area contributed by atoms with Crippen LogP contribution in [0.3, 0.4) is 0 Å². The SMILES string of the molecule is COc1cc(F)ccc1Oc1cc(C(F)(F)C(F)(F)F)ccc1C(=O)Nc1cccc(C(=O)O)c1. The van der Waals surface area contributed by atoms with Crippen molar-refractivity contribution in [3.63, 3.8) is 0 Å². The number of methoxy groups -OCH3 is 1. The first-order valence-electron chi connectivity index (χ1n) is 9.58. The Labute approximate surface area is 193 Å². The number of ether oxygens (including phenoxy) is 2. The van der Waals surface area contributed by atoms with Crippen LogP contribution in [0.5, 0.6) is 17.2 Å². The Morgan fingerprint density at radius 2 is 1.60 bits per heavy atom. The summed E-state index contributed by atoms with van der Waals surface area (Å²) in [6, 6.07) is 9.27. The van der Waals surface area contributed by atoms with E-state index >= 15 is 0 Å². The zero-order chi connectivity index (χ0) is 26.0. The molecular weight excluding hydrogens is 484 g/mol. The molecule has 0 saturated carbocycles. The molecule has 0 atom stereocenters. The standard InChI is InChI=1S/C23H15F6NO5/c1-34-19-11-14(24)6-8-17(19)35-18-10-13(22(25,26)23(27,28)29)5-7-16(18)20(31)30-15-4-2-3-12(9-15)21(32)33/h2-11H,1H3,(H,30,31)(H,32,33). The van der Waals surface area contributed by atoms with Gasteiger partial charge in [-0.1, -0.05) is 12.1 Å². The summed E-state index contributed by atoms with van der Waals surface area (Å²) < 4.78 is 90.5. The second kappa shape index (κ2) is 9.57. The van der Waals surface area contributed by atoms with Gasteiger partial charge in [-0.15, -0.1) is 0 Å². The van der Waals surface area contributed by atoms with Gasteiger partial charge in [-0.2, -0.15) is 22.0 Å². The van der Waals surface area contributed by atoms with Crippen molar-refractivity contribution in [2.45, 2.75) is 12.1 Å². The number of hydrogen-bond donors (Lipinski definition) is 2. The number of aromatic carboxylic acids is 1. The van der Waals surface area contributed by atoms with Crippen LogP contribution in [0.2, 0.25) is 0 Å². The third-order valence-corrected chi connectivity index (χ3v) is 4.66. The molecule has 0 aromatic heterocycles. The van der Waals surface area contributed by atoms with Crippen molar-refractivity contribution in [3.8, 4) is 17.2 Å². The number of carbonyl (C=O) groups excluding carboxylic acids is 1. The van der Waals surface area contributed by atoms with Crippen LogP contribution < -0.4 is 14.8 Å². The first-order chi connectivity index (χ1) is 16.3. The Morgan fingerprint density at radius 3 is 2.23 bits per heavy atom. The molecular formula is C23H15F6NO5. The third kappa shape index (κ3) is 5.48. The fourth-order valence-corrected chi connectivity index (χ4v) is 2.93. The highest BCUT2D eigenvalue weighted by Gasteiger charge is 2.58. The van der Waals surface area contributed by atoms with Crippen LogP contribution in [-0.2, 0) is 5.92 Å². The minimum Gasteiger partial charge on any atom is -0.493 e. The molecule has 0 fully saturated rings. The fraction of sp³-hybridized carbons (Fsp3) is 0.130. The summed E-state index contributed by atoms with van der Waals surface area (Å²) in [5, 5.41) is 11.4. The molecule has 6 nitrogen and oxygen atoms in total. The van der Waals surface area contributed by atoms with Gasteiger partial charge in [-0.25, -0.2) is 9.18 Å². The van der Waals surface area contributed by atoms with Crippen molar-refractivity contribution < 1.29 is 50.5 Å². The number of benzene rings is 3. The summed E-state index contributed by atoms with van der Waals surface area (Å²) in [6.07, 6.45) is -5.93. The van der Waals surface area contributed by atoms with E-state index in [1.165, 1.54) is 18.2 Å². The summed E-state index contributed by atoms with van der Waals surface area (Å²) in [5.74, 6) is -9.53. The zero-order valence-electron chi connectivity index (χ0n) is 17.6. The van der Waals surface area contributed by atoms with Crippen LogP contribution in [0.25, 0.3) is 0 Å². The smallest absolute Gasteiger partial charge is 0.458 e. The topological polar surface area (TPSA) is 84.9 Å². The lowest BCUT2D eigenvalue weighted by molar-refractivity contribution is -0.289. The van der Waals surface area contributed by atoms with Crippen LogP contribution in [-0.4, -0.2) is 30.3 Å². The number of carboxylic acid groups (broad SMARTS) is 1. The van der Waals surface area contributed by atoms with E-state index in [0.29, 0.717) is 18.2 Å². The van der Waals surface area contributed by atoms with Crippen molar-refractivity contribution in [3.05, 3.63) is 83.2 Å². The van der Waals surface area contributed by atoms with E-state index < -0.39 is 46.7 Å². The molecule has 12 heteroatoms. The number of anilines is 1. The van der Waals surface area contributed by atoms with Crippen LogP contribution >= 0.6 is 0 Å². The number of hydrogen-bond acceptors (Lipinski definition) is 4. The second-order valence-corrected chi connectivity index (χ2v) is 7.02. The summed E-state index contributed by atoms with van der Waals surface area (Å²) in [6.45, 7) is 0. The molecule has 3 aromatic rings. The quantitative estimate of drug-likeness (QED) is 0.377. The molecule has 0 radical (unpaired) electrons. The maximum absolute atomic E-state index is 14.0. The lowest BCUT2D eigenvalue weighted by atomic mass is 10.0. The second-order valence-electron chi connectivity index (χ2n) is 7.02. The Bertz CT molecular complexity index is 1280. The molecule has 0 aliphatic heterocycles. The van der Waals surface area contributed by atoms with Crippen molar-refractivity contribution >= 4 is 17.6 Å². The Kier molecular flexibility index (Phi) is 6.94. The van der Waals surface area contributed by atoms with E-state index in [9.17, 15) is 35.9 Å². The summed E-state index contributed by atoms with van der Waals surface area (Å²) in [7, 11) is 1.14. The van der Waals surface area contributed by atoms with Gasteiger partial charge in [0, 0.05) is 17.3 Å². The summed E-state index contributed by atoms with van der Waals surface area (Å²) in [5.41, 5.74) is -2.15. The molecule has 0 aliphatic rings. The minimum absolute atomic E-state index is 0.00455. The van der Waals surface area contributed by atoms with Gasteiger partial charge in [0.05, 0.1) is 18.2 Å². The molecule has 0 bridgehead atoms. The number of rotatable bonds is 7. The predicted molar refractivity (Wildman–Crippen MR) is 111 cm³/mol. The van der Waals surface area contributed by atoms with E-state index in [1.807, 2.05) is 0 Å². The number of halogens is 6. The highest BCUT2D eigenvalue weighted by atomic mass is 19.4. The van der Waals surface area contributed by atoms with E-state index in [4.69, 9.17) is 14.6 Å². The molecule has 0 spiro atoms. The van der Waals surface area contributed by atoms with Crippen molar-refractivity contribution in [1.29, 1.82) is 0 Å². The zero-order valence-corrected chi connectivity index (χ0v) is 17.6. The number of amides is 1. The number of carboxylic acids is 1. The van der Waals surface area contributed by atoms with Gasteiger partial charge in [0.1, 0.15) is 11.6 Å². The maximum Gasteiger partial charge on any atom is 0.458 e. The molecule has 0 saturated heterocycles. The molecule has 1 amide bonds. The third-order valence-electron chi connectivity index (χ3n) is 4.66. The molecule has 2 N–H and O–H groups in total. The molecule has 184 valence electrons. The minimum atomic E-state index is -5.93. The lowest BCUT2D eigenvalue weighted by Crippen LogP contribution is -2.33. The maximum atomic E-state index is 14.0. The van der Waals surface area contributed by atoms with E-state index in [0.717, 1.165) is 31.4 Å². The highest BCUT2D eigenvalue weighted by Crippen LogP contribution is 2.45. The molecule has 0 aliphatic carbocycles. The molecule has 0 heterocycles. The van der Waals surface area contributed by atoms with Gasteiger partial charge < -0.3 is 19.9 Å². The van der Waals surface area contributed by atoms with Gasteiger partial charge in [0.25, 0.3) is 5.91 Å². The molecule has 3 rings (SSSR count). The summed E-state index contributed by atoms with van der Waals surface area (Å²) >= 11 is 0. The Hall–Kier alpha value is -4.22. The van der Waals surface area contributed by atoms with E-state index in [2.05, 4.69) is 5.32 Å². The summed E-state index contributed by atoms with van der Waals surface area (Å²) in [4.78, 5) is 24.0. The van der Waals surface area contributed by atoms with Gasteiger partial charge in [-0.3, -0.25) is 4.79 Å². The first-order valence-corrected chi connectivity index (χ1v) is 9.58. The molecule has 0 unspecified atom stereocenters. The van der Waals surface area contributed by atoms with Gasteiger partial charge in [-0.05, 0) is 42.5 Å².